The molecule has 0 aromatic heterocycles. The maximum atomic E-state index is 12.4. The molecule has 2 N–H and O–H groups in total. The van der Waals surface area contributed by atoms with E-state index in [0.29, 0.717) is 24.0 Å². The lowest BCUT2D eigenvalue weighted by Gasteiger charge is -2.13. The van der Waals surface area contributed by atoms with Crippen LogP contribution in [0.5, 0.6) is 11.5 Å². The predicted molar refractivity (Wildman–Crippen MR) is 80.3 cm³/mol. The summed E-state index contributed by atoms with van der Waals surface area (Å²) in [5.74, 6) is 1.34. The molecule has 1 unspecified atom stereocenters. The third-order valence-electron chi connectivity index (χ3n) is 3.67. The molecular formula is C14H22N2O4S. The van der Waals surface area contributed by atoms with Gasteiger partial charge in [-0.05, 0) is 44.0 Å². The zero-order chi connectivity index (χ0) is 15.3. The summed E-state index contributed by atoms with van der Waals surface area (Å²) < 4.78 is 37.6. The standard InChI is InChI=1S/C14H22N2O4S/c1-19-12-3-4-13(20-2)14(9-12)21(17,18)16-8-6-11-5-7-15-10-11/h3-4,9,11,15-16H,5-8,10H2,1-2H3. The number of hydrogen-bond acceptors (Lipinski definition) is 5. The van der Waals surface area contributed by atoms with Crippen molar-refractivity contribution in [3.8, 4) is 11.5 Å². The van der Waals surface area contributed by atoms with Crippen LogP contribution in [0.1, 0.15) is 12.8 Å². The maximum absolute atomic E-state index is 12.4. The molecule has 1 saturated heterocycles. The van der Waals surface area contributed by atoms with Crippen LogP contribution in [0.15, 0.2) is 23.1 Å². The van der Waals surface area contributed by atoms with Crippen LogP contribution in [0.3, 0.4) is 0 Å². The van der Waals surface area contributed by atoms with Gasteiger partial charge in [-0.3, -0.25) is 0 Å². The quantitative estimate of drug-likeness (QED) is 0.784. The molecule has 7 heteroatoms. The molecule has 1 aliphatic heterocycles. The molecule has 0 aliphatic carbocycles. The van der Waals surface area contributed by atoms with E-state index < -0.39 is 10.0 Å². The Labute approximate surface area is 125 Å². The lowest BCUT2D eigenvalue weighted by molar-refractivity contribution is 0.391. The molecule has 0 amide bonds. The number of methoxy groups -OCH3 is 2. The minimum Gasteiger partial charge on any atom is -0.497 e. The van der Waals surface area contributed by atoms with Gasteiger partial charge in [-0.15, -0.1) is 0 Å². The first-order valence-corrected chi connectivity index (χ1v) is 8.47. The molecule has 1 aliphatic rings. The van der Waals surface area contributed by atoms with Crippen LogP contribution in [0.4, 0.5) is 0 Å². The SMILES string of the molecule is COc1ccc(OC)c(S(=O)(=O)NCCC2CCNC2)c1. The van der Waals surface area contributed by atoms with E-state index in [0.717, 1.165) is 25.9 Å². The Hall–Kier alpha value is -1.31. The number of benzene rings is 1. The topological polar surface area (TPSA) is 76.7 Å². The zero-order valence-electron chi connectivity index (χ0n) is 12.4. The van der Waals surface area contributed by atoms with Gasteiger partial charge in [0.25, 0.3) is 0 Å². The van der Waals surface area contributed by atoms with Gasteiger partial charge >= 0.3 is 0 Å². The molecule has 1 aromatic carbocycles. The van der Waals surface area contributed by atoms with Crippen molar-refractivity contribution in [3.05, 3.63) is 18.2 Å². The fraction of sp³-hybridized carbons (Fsp3) is 0.571. The molecule has 0 saturated carbocycles. The van der Waals surface area contributed by atoms with E-state index in [2.05, 4.69) is 10.0 Å². The van der Waals surface area contributed by atoms with Gasteiger partial charge in [-0.1, -0.05) is 0 Å². The highest BCUT2D eigenvalue weighted by atomic mass is 32.2. The molecule has 1 fully saturated rings. The minimum absolute atomic E-state index is 0.105. The number of sulfonamides is 1. The van der Waals surface area contributed by atoms with Crippen LogP contribution >= 0.6 is 0 Å². The van der Waals surface area contributed by atoms with Crippen molar-refractivity contribution < 1.29 is 17.9 Å². The minimum atomic E-state index is -3.60. The Bertz CT molecular complexity index is 568. The normalized spacial score (nSPS) is 18.7. The number of rotatable bonds is 7. The molecule has 0 spiro atoms. The van der Waals surface area contributed by atoms with Crippen LogP contribution < -0.4 is 19.5 Å². The molecule has 1 atom stereocenters. The molecule has 1 heterocycles. The second-order valence-corrected chi connectivity index (χ2v) is 6.80. The molecule has 0 bridgehead atoms. The third-order valence-corrected chi connectivity index (χ3v) is 5.15. The van der Waals surface area contributed by atoms with Crippen LogP contribution in [0, 0.1) is 5.92 Å². The fourth-order valence-electron chi connectivity index (χ4n) is 2.43. The molecule has 1 aromatic rings. The second-order valence-electron chi connectivity index (χ2n) is 5.06. The van der Waals surface area contributed by atoms with E-state index in [1.165, 1.54) is 20.3 Å². The molecule has 118 valence electrons. The van der Waals surface area contributed by atoms with Gasteiger partial charge in [-0.25, -0.2) is 13.1 Å². The number of ether oxygens (including phenoxy) is 2. The van der Waals surface area contributed by atoms with Crippen molar-refractivity contribution in [2.45, 2.75) is 17.7 Å². The Balaban J connectivity index is 2.06. The largest absolute Gasteiger partial charge is 0.497 e. The highest BCUT2D eigenvalue weighted by Gasteiger charge is 2.21. The van der Waals surface area contributed by atoms with Crippen molar-refractivity contribution >= 4 is 10.0 Å². The van der Waals surface area contributed by atoms with E-state index in [1.807, 2.05) is 0 Å². The van der Waals surface area contributed by atoms with Crippen LogP contribution in [0.25, 0.3) is 0 Å². The fourth-order valence-corrected chi connectivity index (χ4v) is 3.66. The van der Waals surface area contributed by atoms with Gasteiger partial charge in [0.2, 0.25) is 10.0 Å². The van der Waals surface area contributed by atoms with Gasteiger partial charge in [0.1, 0.15) is 16.4 Å². The molecule has 21 heavy (non-hydrogen) atoms. The molecule has 0 radical (unpaired) electrons. The van der Waals surface area contributed by atoms with E-state index in [9.17, 15) is 8.42 Å². The Morgan fingerprint density at radius 1 is 1.33 bits per heavy atom. The van der Waals surface area contributed by atoms with E-state index in [-0.39, 0.29) is 4.90 Å². The van der Waals surface area contributed by atoms with Crippen LogP contribution in [-0.2, 0) is 10.0 Å². The monoisotopic (exact) mass is 314 g/mol. The lowest BCUT2D eigenvalue weighted by Crippen LogP contribution is -2.27. The van der Waals surface area contributed by atoms with E-state index in [4.69, 9.17) is 9.47 Å². The Morgan fingerprint density at radius 2 is 2.14 bits per heavy atom. The van der Waals surface area contributed by atoms with Crippen molar-refractivity contribution in [2.75, 3.05) is 33.9 Å². The summed E-state index contributed by atoms with van der Waals surface area (Å²) in [7, 11) is -0.655. The molecule has 6 nitrogen and oxygen atoms in total. The summed E-state index contributed by atoms with van der Waals surface area (Å²) in [6.07, 6.45) is 1.93. The Morgan fingerprint density at radius 3 is 2.76 bits per heavy atom. The lowest BCUT2D eigenvalue weighted by atomic mass is 10.1. The molecule has 2 rings (SSSR count). The summed E-state index contributed by atoms with van der Waals surface area (Å²) in [4.78, 5) is 0.105. The first-order valence-electron chi connectivity index (χ1n) is 6.99. The third kappa shape index (κ3) is 4.09. The summed E-state index contributed by atoms with van der Waals surface area (Å²) in [6.45, 7) is 2.40. The zero-order valence-corrected chi connectivity index (χ0v) is 13.2. The van der Waals surface area contributed by atoms with Crippen molar-refractivity contribution in [2.24, 2.45) is 5.92 Å². The van der Waals surface area contributed by atoms with Gasteiger partial charge < -0.3 is 14.8 Å². The smallest absolute Gasteiger partial charge is 0.244 e. The van der Waals surface area contributed by atoms with Crippen molar-refractivity contribution in [1.82, 2.24) is 10.0 Å². The highest BCUT2D eigenvalue weighted by Crippen LogP contribution is 2.28. The summed E-state index contributed by atoms with van der Waals surface area (Å²) in [6, 6.07) is 4.73. The molecular weight excluding hydrogens is 292 g/mol. The van der Waals surface area contributed by atoms with E-state index >= 15 is 0 Å². The first-order chi connectivity index (χ1) is 10.1. The average molecular weight is 314 g/mol. The van der Waals surface area contributed by atoms with Crippen molar-refractivity contribution in [1.29, 1.82) is 0 Å². The first kappa shape index (κ1) is 16.1. The summed E-state index contributed by atoms with van der Waals surface area (Å²) >= 11 is 0. The number of nitrogens with one attached hydrogen (secondary N) is 2. The second kappa shape index (κ2) is 7.11. The van der Waals surface area contributed by atoms with Gasteiger partial charge in [0.05, 0.1) is 14.2 Å². The van der Waals surface area contributed by atoms with E-state index in [1.54, 1.807) is 12.1 Å². The van der Waals surface area contributed by atoms with Gasteiger partial charge in [0.15, 0.2) is 0 Å². The van der Waals surface area contributed by atoms with Gasteiger partial charge in [0, 0.05) is 12.6 Å². The highest BCUT2D eigenvalue weighted by molar-refractivity contribution is 7.89. The van der Waals surface area contributed by atoms with Crippen molar-refractivity contribution in [3.63, 3.8) is 0 Å². The van der Waals surface area contributed by atoms with Crippen LogP contribution in [0.2, 0.25) is 0 Å². The van der Waals surface area contributed by atoms with Crippen LogP contribution in [-0.4, -0.2) is 42.3 Å². The summed E-state index contributed by atoms with van der Waals surface area (Å²) in [5.41, 5.74) is 0. The average Bonchev–Trinajstić information content (AvgIpc) is 2.99. The Kier molecular flexibility index (Phi) is 5.44. The summed E-state index contributed by atoms with van der Waals surface area (Å²) in [5, 5.41) is 3.27. The van der Waals surface area contributed by atoms with Gasteiger partial charge in [-0.2, -0.15) is 0 Å². The predicted octanol–water partition coefficient (Wildman–Crippen LogP) is 0.982. The maximum Gasteiger partial charge on any atom is 0.244 e. The number of hydrogen-bond donors (Lipinski definition) is 2.